The minimum atomic E-state index is -0.849. The Labute approximate surface area is 504 Å². The van der Waals surface area contributed by atoms with Gasteiger partial charge in [-0.05, 0) is 119 Å². The molecule has 8 saturated heterocycles. The third-order valence-electron chi connectivity index (χ3n) is 16.4. The molecule has 20 heteroatoms. The summed E-state index contributed by atoms with van der Waals surface area (Å²) in [6.07, 6.45) is -1.53. The van der Waals surface area contributed by atoms with Gasteiger partial charge in [-0.25, -0.2) is 0 Å². The smallest absolute Gasteiger partial charge is 1.00 e. The number of aliphatic hydroxyl groups is 1. The normalized spacial score (nSPS) is 36.5. The summed E-state index contributed by atoms with van der Waals surface area (Å²) >= 11 is 0. The second kappa shape index (κ2) is 28.8. The summed E-state index contributed by atoms with van der Waals surface area (Å²) < 4.78 is 86.9. The van der Waals surface area contributed by atoms with Gasteiger partial charge in [-0.2, -0.15) is 0 Å². The predicted octanol–water partition coefficient (Wildman–Crippen LogP) is 4.98. The molecule has 8 aliphatic rings. The van der Waals surface area contributed by atoms with E-state index in [9.17, 15) is 19.5 Å². The van der Waals surface area contributed by atoms with Gasteiger partial charge in [-0.3, -0.25) is 14.4 Å². The molecular weight excluding hydrogens is 1040 g/mol. The van der Waals surface area contributed by atoms with Crippen molar-refractivity contribution < 1.29 is 117 Å². The molecule has 8 heterocycles. The number of esters is 2. The van der Waals surface area contributed by atoms with E-state index in [1.807, 2.05) is 69.2 Å². The molecule has 455 valence electrons. The molecule has 0 saturated carbocycles. The zero-order valence-corrected chi connectivity index (χ0v) is 54.2. The summed E-state index contributed by atoms with van der Waals surface area (Å²) in [4.78, 5) is 38.0. The second-order valence-electron chi connectivity index (χ2n) is 27.8. The Morgan fingerprint density at radius 1 is 0.562 bits per heavy atom. The predicted molar refractivity (Wildman–Crippen MR) is 294 cm³/mol. The molecule has 8 fully saturated rings. The van der Waals surface area contributed by atoms with Crippen molar-refractivity contribution in [3.8, 4) is 0 Å². The molecule has 0 aliphatic carbocycles. The zero-order valence-electron chi connectivity index (χ0n) is 53.2. The minimum Gasteiger partial charge on any atom is -1.00 e. The summed E-state index contributed by atoms with van der Waals surface area (Å²) in [5.41, 5.74) is -1.09. The van der Waals surface area contributed by atoms with Crippen LogP contribution in [-0.2, 0) is 80.7 Å². The van der Waals surface area contributed by atoms with Gasteiger partial charge in [0.2, 0.25) is 0 Å². The van der Waals surface area contributed by atoms with E-state index in [2.05, 4.69) is 55.4 Å². The minimum absolute atomic E-state index is 0. The Kier molecular flexibility index (Phi) is 25.2. The van der Waals surface area contributed by atoms with Crippen LogP contribution in [0.2, 0.25) is 0 Å². The summed E-state index contributed by atoms with van der Waals surface area (Å²) in [5.74, 6) is -0.578. The van der Waals surface area contributed by atoms with Crippen LogP contribution >= 0.6 is 0 Å². The molecule has 17 atom stereocenters. The van der Waals surface area contributed by atoms with Gasteiger partial charge in [0, 0.05) is 34.1 Å². The van der Waals surface area contributed by atoms with E-state index in [0.29, 0.717) is 75.6 Å². The van der Waals surface area contributed by atoms with Crippen molar-refractivity contribution in [2.75, 3.05) is 26.4 Å². The van der Waals surface area contributed by atoms with Crippen molar-refractivity contribution in [2.24, 2.45) is 34.5 Å². The molecule has 0 amide bonds. The second-order valence-corrected chi connectivity index (χ2v) is 27.8. The Morgan fingerprint density at radius 3 is 1.43 bits per heavy atom. The van der Waals surface area contributed by atoms with Crippen LogP contribution in [0.3, 0.4) is 0 Å². The van der Waals surface area contributed by atoms with E-state index >= 15 is 0 Å². The van der Waals surface area contributed by atoms with Crippen molar-refractivity contribution in [1.82, 2.24) is 0 Å². The van der Waals surface area contributed by atoms with Gasteiger partial charge in [-0.15, -0.1) is 0 Å². The largest absolute Gasteiger partial charge is 1.00 e. The van der Waals surface area contributed by atoms with Gasteiger partial charge >= 0.3 is 41.5 Å². The van der Waals surface area contributed by atoms with Crippen LogP contribution in [-0.4, -0.2) is 185 Å². The van der Waals surface area contributed by atoms with Crippen molar-refractivity contribution in [3.63, 3.8) is 0 Å². The molecule has 0 aromatic rings. The van der Waals surface area contributed by atoms with Gasteiger partial charge in [0.25, 0.3) is 0 Å². The number of hydrogen-bond donors (Lipinski definition) is 1. The summed E-state index contributed by atoms with van der Waals surface area (Å²) in [6.45, 7) is 37.4. The summed E-state index contributed by atoms with van der Waals surface area (Å²) in [5, 5.41) is 11.5. The topological polar surface area (TPSA) is 201 Å². The van der Waals surface area contributed by atoms with Crippen molar-refractivity contribution in [1.29, 1.82) is 0 Å². The van der Waals surface area contributed by atoms with E-state index in [1.54, 1.807) is 0 Å². The Bertz CT molecular complexity index is 1970. The van der Waals surface area contributed by atoms with Gasteiger partial charge in [0.15, 0.2) is 17.4 Å². The van der Waals surface area contributed by atoms with Gasteiger partial charge in [0.1, 0.15) is 54.9 Å². The molecule has 8 rings (SSSR count). The maximum absolute atomic E-state index is 13.8. The first-order valence-corrected chi connectivity index (χ1v) is 29.8. The van der Waals surface area contributed by atoms with Crippen molar-refractivity contribution in [3.05, 3.63) is 0 Å². The maximum Gasteiger partial charge on any atom is 1.00 e. The zero-order chi connectivity index (χ0) is 57.4. The molecule has 0 bridgehead atoms. The van der Waals surface area contributed by atoms with E-state index in [-0.39, 0.29) is 131 Å². The van der Waals surface area contributed by atoms with Crippen LogP contribution in [0.25, 0.3) is 0 Å². The first-order valence-electron chi connectivity index (χ1n) is 29.8. The van der Waals surface area contributed by atoms with Crippen LogP contribution in [0.4, 0.5) is 0 Å². The third-order valence-corrected chi connectivity index (χ3v) is 16.4. The first-order chi connectivity index (χ1) is 36.3. The Balaban J connectivity index is 0.000000336. The number of ether oxygens (including phenoxy) is 14. The maximum atomic E-state index is 13.8. The summed E-state index contributed by atoms with van der Waals surface area (Å²) in [7, 11) is 0. The van der Waals surface area contributed by atoms with Crippen molar-refractivity contribution >= 4 is 26.1 Å². The monoisotopic (exact) mass is 1150 g/mol. The summed E-state index contributed by atoms with van der Waals surface area (Å²) in [6, 6.07) is 0. The number of aliphatic hydroxyl groups excluding tert-OH is 1. The standard InChI is InChI=1S/C30H52O9.C30H50O9.B.Na.H/c2*1-16(2)23(17(3)4)38-25-21(14-19-15-34-30(8,9)39-19)37-26-22(31)24-20(36-27(25)26)11-10-18(35-24)12-13-33-28(32)29(5,6)7;;;/h16-27,31H,10-15H2,1-9H3;16-21,23-27H,10-15H2,1-9H3;;;/q;;;+1;-1/t18-,19-,20+,21-,22+,24+,25+,26+,27+;18-,19-,20+,21-,24+,25+,26+,27+;;;/m11.../s1. The van der Waals surface area contributed by atoms with Crippen LogP contribution in [0.15, 0.2) is 0 Å². The number of Topliss-reactive ketones (excluding diaryl/α,β-unsaturated/α-hetero) is 1. The molecule has 8 aliphatic heterocycles. The number of carbonyl (C=O) groups is 3. The number of carbonyl (C=O) groups excluding carboxylic acids is 3. The quantitative estimate of drug-likeness (QED) is 0.142. The van der Waals surface area contributed by atoms with E-state index in [4.69, 9.17) is 66.3 Å². The fraction of sp³-hybridized carbons (Fsp3) is 0.950. The SMILES string of the molecule is CC(C)C(O[C@@H]1[C@@H]2O[C@H]3CC[C@H](CCOC(=O)C(C)(C)C)O[C@@H]3C(=O)[C@@H]2O[C@@H]1C[C@@H]1COC(C)(C)O1)C(C)C.CC(C)C(O[C@@H]1[C@@H]2O[C@H]3CC[C@H](CCOC(=O)C(C)(C)C)O[C@@H]3[C@H](O)[C@@H]2O[C@@H]1C[C@@H]1COC(C)(C)O1)C(C)C.[B].[H-].[Na+]. The van der Waals surface area contributed by atoms with Crippen LogP contribution < -0.4 is 29.6 Å². The number of hydrogen-bond acceptors (Lipinski definition) is 18. The molecule has 0 unspecified atom stereocenters. The van der Waals surface area contributed by atoms with Gasteiger partial charge < -0.3 is 72.8 Å². The molecule has 0 aromatic heterocycles. The van der Waals surface area contributed by atoms with Crippen LogP contribution in [0.1, 0.15) is 177 Å². The average Bonchev–Trinajstić information content (AvgIpc) is 4.08. The van der Waals surface area contributed by atoms with E-state index < -0.39 is 71.2 Å². The van der Waals surface area contributed by atoms with Crippen LogP contribution in [0, 0.1) is 34.5 Å². The molecule has 0 spiro atoms. The molecule has 0 aromatic carbocycles. The Hall–Kier alpha value is -0.845. The first kappa shape index (κ1) is 69.9. The Morgan fingerprint density at radius 2 is 0.988 bits per heavy atom. The average molecular weight is 1150 g/mol. The molecule has 80 heavy (non-hydrogen) atoms. The fourth-order valence-electron chi connectivity index (χ4n) is 12.6. The fourth-order valence-corrected chi connectivity index (χ4v) is 12.6. The van der Waals surface area contributed by atoms with Crippen molar-refractivity contribution in [2.45, 2.75) is 304 Å². The van der Waals surface area contributed by atoms with Crippen LogP contribution in [0.5, 0.6) is 0 Å². The van der Waals surface area contributed by atoms with E-state index in [1.165, 1.54) is 0 Å². The number of rotatable bonds is 18. The molecule has 3 radical (unpaired) electrons. The van der Waals surface area contributed by atoms with Gasteiger partial charge in [-0.1, -0.05) is 55.4 Å². The number of fused-ring (bicyclic) bond motifs is 4. The molecular formula is C60H103BNaO18. The molecule has 18 nitrogen and oxygen atoms in total. The third kappa shape index (κ3) is 17.7. The molecule has 1 N–H and O–H groups in total. The van der Waals surface area contributed by atoms with E-state index in [0.717, 1.165) is 19.3 Å². The number of ketones is 1. The van der Waals surface area contributed by atoms with Gasteiger partial charge in [0.05, 0.1) is 98.3 Å².